The van der Waals surface area contributed by atoms with Crippen LogP contribution in [-0.2, 0) is 6.42 Å². The van der Waals surface area contributed by atoms with Crippen molar-refractivity contribution in [2.75, 3.05) is 0 Å². The summed E-state index contributed by atoms with van der Waals surface area (Å²) in [6.45, 7) is 0. The number of aromatic amines is 1. The zero-order valence-corrected chi connectivity index (χ0v) is 10.4. The smallest absolute Gasteiger partial charge is 0.131 e. The quantitative estimate of drug-likeness (QED) is 0.730. The van der Waals surface area contributed by atoms with Gasteiger partial charge in [0.1, 0.15) is 16.8 Å². The maximum absolute atomic E-state index is 13.6. The Bertz CT molecular complexity index is 755. The molecule has 0 spiro atoms. The van der Waals surface area contributed by atoms with Crippen LogP contribution in [0, 0.1) is 11.6 Å². The van der Waals surface area contributed by atoms with E-state index in [1.807, 2.05) is 0 Å². The van der Waals surface area contributed by atoms with Gasteiger partial charge in [-0.05, 0) is 23.8 Å². The van der Waals surface area contributed by atoms with Gasteiger partial charge in [0, 0.05) is 17.9 Å². The van der Waals surface area contributed by atoms with Gasteiger partial charge in [0.2, 0.25) is 0 Å². The van der Waals surface area contributed by atoms with E-state index in [0.29, 0.717) is 11.2 Å². The molecule has 0 fully saturated rings. The fourth-order valence-corrected chi connectivity index (χ4v) is 2.18. The highest BCUT2D eigenvalue weighted by molar-refractivity contribution is 6.30. The average molecular weight is 280 g/mol. The number of aromatic nitrogens is 3. The number of fused-ring (bicyclic) bond motifs is 1. The van der Waals surface area contributed by atoms with E-state index in [2.05, 4.69) is 15.2 Å². The third-order valence-electron chi connectivity index (χ3n) is 2.85. The molecular weight excluding hydrogens is 272 g/mol. The molecule has 0 bridgehead atoms. The molecule has 1 aromatic carbocycles. The van der Waals surface area contributed by atoms with Gasteiger partial charge in [-0.2, -0.15) is 5.10 Å². The highest BCUT2D eigenvalue weighted by atomic mass is 35.5. The first-order valence-corrected chi connectivity index (χ1v) is 5.94. The number of nitrogens with one attached hydrogen (secondary N) is 1. The minimum Gasteiger partial charge on any atom is -0.278 e. The van der Waals surface area contributed by atoms with E-state index in [-0.39, 0.29) is 17.1 Å². The Morgan fingerprint density at radius 1 is 1.21 bits per heavy atom. The van der Waals surface area contributed by atoms with Crippen molar-refractivity contribution in [2.45, 2.75) is 6.42 Å². The lowest BCUT2D eigenvalue weighted by Gasteiger charge is -2.05. The number of hydrogen-bond donors (Lipinski definition) is 1. The Hall–Kier alpha value is -2.01. The monoisotopic (exact) mass is 279 g/mol. The van der Waals surface area contributed by atoms with Crippen molar-refractivity contribution < 1.29 is 8.78 Å². The Labute approximate surface area is 112 Å². The number of H-pyrrole nitrogens is 1. The predicted octanol–water partition coefficient (Wildman–Crippen LogP) is 3.48. The molecule has 2 heterocycles. The van der Waals surface area contributed by atoms with Crippen molar-refractivity contribution in [3.63, 3.8) is 0 Å². The number of benzene rings is 1. The lowest BCUT2D eigenvalue weighted by Crippen LogP contribution is -1.97. The molecule has 2 aromatic heterocycles. The molecule has 0 radical (unpaired) electrons. The third kappa shape index (κ3) is 2.29. The van der Waals surface area contributed by atoms with E-state index in [4.69, 9.17) is 11.6 Å². The SMILES string of the molecule is Fc1ccc(F)c(Cc2nc(Cl)cc3[nH]ncc23)c1. The first kappa shape index (κ1) is 12.0. The minimum absolute atomic E-state index is 0.153. The zero-order valence-electron chi connectivity index (χ0n) is 9.62. The molecule has 6 heteroatoms. The molecule has 1 N–H and O–H groups in total. The van der Waals surface area contributed by atoms with Crippen molar-refractivity contribution in [1.29, 1.82) is 0 Å². The van der Waals surface area contributed by atoms with Crippen LogP contribution < -0.4 is 0 Å². The normalized spacial score (nSPS) is 11.1. The second kappa shape index (κ2) is 4.59. The lowest BCUT2D eigenvalue weighted by molar-refractivity contribution is 0.588. The summed E-state index contributed by atoms with van der Waals surface area (Å²) in [6, 6.07) is 4.97. The minimum atomic E-state index is -0.484. The molecular formula is C13H8ClF2N3. The largest absolute Gasteiger partial charge is 0.278 e. The van der Waals surface area contributed by atoms with Crippen LogP contribution in [0.2, 0.25) is 5.15 Å². The van der Waals surface area contributed by atoms with Crippen molar-refractivity contribution in [1.82, 2.24) is 15.2 Å². The molecule has 0 unspecified atom stereocenters. The second-order valence-corrected chi connectivity index (χ2v) is 4.52. The van der Waals surface area contributed by atoms with Gasteiger partial charge in [0.15, 0.2) is 0 Å². The van der Waals surface area contributed by atoms with Crippen LogP contribution in [0.4, 0.5) is 8.78 Å². The summed E-state index contributed by atoms with van der Waals surface area (Å²) < 4.78 is 26.8. The van der Waals surface area contributed by atoms with Crippen LogP contribution in [0.1, 0.15) is 11.3 Å². The second-order valence-electron chi connectivity index (χ2n) is 4.14. The summed E-state index contributed by atoms with van der Waals surface area (Å²) in [5.74, 6) is -0.957. The van der Waals surface area contributed by atoms with Gasteiger partial charge in [-0.25, -0.2) is 13.8 Å². The van der Waals surface area contributed by atoms with E-state index in [1.54, 1.807) is 12.3 Å². The summed E-state index contributed by atoms with van der Waals surface area (Å²) >= 11 is 5.89. The van der Waals surface area contributed by atoms with Crippen LogP contribution in [0.3, 0.4) is 0 Å². The standard InChI is InChI=1S/C13H8ClF2N3/c14-13-5-12-9(6-17-19-12)11(18-13)4-7-3-8(15)1-2-10(7)16/h1-3,5-6H,4H2,(H,17,19). The summed E-state index contributed by atoms with van der Waals surface area (Å²) in [6.07, 6.45) is 1.74. The Morgan fingerprint density at radius 2 is 2.05 bits per heavy atom. The van der Waals surface area contributed by atoms with Crippen LogP contribution in [0.25, 0.3) is 10.9 Å². The molecule has 0 saturated carbocycles. The molecule has 3 aromatic rings. The van der Waals surface area contributed by atoms with Crippen molar-refractivity contribution in [3.05, 3.63) is 58.5 Å². The van der Waals surface area contributed by atoms with Crippen molar-refractivity contribution in [2.24, 2.45) is 0 Å². The summed E-state index contributed by atoms with van der Waals surface area (Å²) in [7, 11) is 0. The van der Waals surface area contributed by atoms with Gasteiger partial charge in [0.05, 0.1) is 17.4 Å². The van der Waals surface area contributed by atoms with E-state index < -0.39 is 11.6 Å². The predicted molar refractivity (Wildman–Crippen MR) is 68.1 cm³/mol. The Balaban J connectivity index is 2.10. The van der Waals surface area contributed by atoms with Crippen molar-refractivity contribution >= 4 is 22.5 Å². The van der Waals surface area contributed by atoms with Gasteiger partial charge >= 0.3 is 0 Å². The van der Waals surface area contributed by atoms with Crippen LogP contribution >= 0.6 is 11.6 Å². The molecule has 0 amide bonds. The van der Waals surface area contributed by atoms with E-state index in [0.717, 1.165) is 23.6 Å². The molecule has 19 heavy (non-hydrogen) atoms. The number of pyridine rings is 1. The van der Waals surface area contributed by atoms with Gasteiger partial charge in [-0.1, -0.05) is 11.6 Å². The fourth-order valence-electron chi connectivity index (χ4n) is 1.97. The highest BCUT2D eigenvalue weighted by Gasteiger charge is 2.11. The summed E-state index contributed by atoms with van der Waals surface area (Å²) in [5.41, 5.74) is 1.50. The van der Waals surface area contributed by atoms with Gasteiger partial charge in [0.25, 0.3) is 0 Å². The van der Waals surface area contributed by atoms with Gasteiger partial charge in [-0.3, -0.25) is 5.10 Å². The number of nitrogens with zero attached hydrogens (tertiary/aromatic N) is 2. The molecule has 0 saturated heterocycles. The van der Waals surface area contributed by atoms with Crippen LogP contribution in [0.15, 0.2) is 30.5 Å². The maximum atomic E-state index is 13.6. The number of rotatable bonds is 2. The lowest BCUT2D eigenvalue weighted by atomic mass is 10.1. The van der Waals surface area contributed by atoms with Gasteiger partial charge < -0.3 is 0 Å². The van der Waals surface area contributed by atoms with Crippen molar-refractivity contribution in [3.8, 4) is 0 Å². The summed E-state index contributed by atoms with van der Waals surface area (Å²) in [4.78, 5) is 4.16. The molecule has 0 atom stereocenters. The topological polar surface area (TPSA) is 41.6 Å². The molecule has 3 nitrogen and oxygen atoms in total. The average Bonchev–Trinajstić information content (AvgIpc) is 2.82. The van der Waals surface area contributed by atoms with Crippen LogP contribution in [0.5, 0.6) is 0 Å². The first-order valence-electron chi connectivity index (χ1n) is 5.56. The molecule has 0 aliphatic rings. The zero-order chi connectivity index (χ0) is 13.4. The fraction of sp³-hybridized carbons (Fsp3) is 0.0769. The molecule has 0 aliphatic heterocycles. The Morgan fingerprint density at radius 3 is 2.89 bits per heavy atom. The van der Waals surface area contributed by atoms with E-state index >= 15 is 0 Å². The van der Waals surface area contributed by atoms with Crippen LogP contribution in [-0.4, -0.2) is 15.2 Å². The molecule has 96 valence electrons. The summed E-state index contributed by atoms with van der Waals surface area (Å²) in [5, 5.41) is 7.69. The molecule has 3 rings (SSSR count). The third-order valence-corrected chi connectivity index (χ3v) is 3.04. The maximum Gasteiger partial charge on any atom is 0.131 e. The first-order chi connectivity index (χ1) is 9.13. The number of hydrogen-bond acceptors (Lipinski definition) is 2. The van der Waals surface area contributed by atoms with E-state index in [9.17, 15) is 8.78 Å². The van der Waals surface area contributed by atoms with E-state index in [1.165, 1.54) is 0 Å². The Kier molecular flexibility index (Phi) is 2.91. The molecule has 0 aliphatic carbocycles. The highest BCUT2D eigenvalue weighted by Crippen LogP contribution is 2.22. The number of halogens is 3. The van der Waals surface area contributed by atoms with Gasteiger partial charge in [-0.15, -0.1) is 0 Å².